The molecule has 0 aliphatic carbocycles. The third kappa shape index (κ3) is 4.73. The van der Waals surface area contributed by atoms with E-state index >= 15 is 0 Å². The Morgan fingerprint density at radius 2 is 2.00 bits per heavy atom. The van der Waals surface area contributed by atoms with Crippen molar-refractivity contribution in [1.82, 2.24) is 0 Å². The van der Waals surface area contributed by atoms with Gasteiger partial charge in [-0.3, -0.25) is 0 Å². The van der Waals surface area contributed by atoms with Gasteiger partial charge < -0.3 is 15.8 Å². The molecule has 0 heterocycles. The second-order valence-corrected chi connectivity index (χ2v) is 3.82. The minimum absolute atomic E-state index is 0.0246. The molecular weight excluding hydrogens is 268 g/mol. The van der Waals surface area contributed by atoms with Gasteiger partial charge in [0.1, 0.15) is 23.5 Å². The number of nitrogens with one attached hydrogen (secondary N) is 1. The Morgan fingerprint density at radius 3 is 2.52 bits per heavy atom. The number of carbonyl (C=O) groups is 1. The standard InChI is InChI=1S/C15H14N4O2/c1-2-21-15(20)12(10-17)8-11(9-16)14(18)19-13-6-4-3-5-7-13/h3-8,19H,2,18H2,1H3/b12-8+,14-11+. The van der Waals surface area contributed by atoms with E-state index in [1.54, 1.807) is 37.3 Å². The number of esters is 1. The Morgan fingerprint density at radius 1 is 1.33 bits per heavy atom. The summed E-state index contributed by atoms with van der Waals surface area (Å²) in [7, 11) is 0. The molecule has 3 N–H and O–H groups in total. The zero-order chi connectivity index (χ0) is 15.7. The number of benzene rings is 1. The molecule has 6 nitrogen and oxygen atoms in total. The maximum Gasteiger partial charge on any atom is 0.348 e. The van der Waals surface area contributed by atoms with Crippen molar-refractivity contribution in [3.8, 4) is 12.1 Å². The van der Waals surface area contributed by atoms with Gasteiger partial charge >= 0.3 is 5.97 Å². The molecule has 0 fully saturated rings. The lowest BCUT2D eigenvalue weighted by Gasteiger charge is -2.07. The van der Waals surface area contributed by atoms with Crippen LogP contribution in [0.2, 0.25) is 0 Å². The lowest BCUT2D eigenvalue weighted by molar-refractivity contribution is -0.138. The molecule has 0 spiro atoms. The van der Waals surface area contributed by atoms with Crippen LogP contribution in [0.4, 0.5) is 5.69 Å². The van der Waals surface area contributed by atoms with E-state index in [2.05, 4.69) is 5.32 Å². The van der Waals surface area contributed by atoms with E-state index in [0.717, 1.165) is 6.08 Å². The van der Waals surface area contributed by atoms with Gasteiger partial charge in [0.25, 0.3) is 0 Å². The Kier molecular flexibility index (Phi) is 6.04. The highest BCUT2D eigenvalue weighted by Crippen LogP contribution is 2.11. The summed E-state index contributed by atoms with van der Waals surface area (Å²) in [6.07, 6.45) is 1.10. The Labute approximate surface area is 122 Å². The highest BCUT2D eigenvalue weighted by atomic mass is 16.5. The Hall–Kier alpha value is -3.25. The topological polar surface area (TPSA) is 112 Å². The number of allylic oxidation sites excluding steroid dienone is 2. The molecule has 6 heteroatoms. The zero-order valence-corrected chi connectivity index (χ0v) is 11.5. The first-order chi connectivity index (χ1) is 10.1. The van der Waals surface area contributed by atoms with E-state index in [1.165, 1.54) is 0 Å². The molecule has 1 aromatic rings. The second-order valence-electron chi connectivity index (χ2n) is 3.82. The first kappa shape index (κ1) is 15.8. The van der Waals surface area contributed by atoms with Gasteiger partial charge in [0, 0.05) is 5.69 Å². The van der Waals surface area contributed by atoms with Crippen molar-refractivity contribution in [2.24, 2.45) is 5.73 Å². The van der Waals surface area contributed by atoms with Gasteiger partial charge in [-0.25, -0.2) is 4.79 Å². The van der Waals surface area contributed by atoms with Gasteiger partial charge in [-0.1, -0.05) is 18.2 Å². The molecule has 0 bridgehead atoms. The smallest absolute Gasteiger partial charge is 0.348 e. The van der Waals surface area contributed by atoms with Crippen molar-refractivity contribution in [1.29, 1.82) is 10.5 Å². The average Bonchev–Trinajstić information content (AvgIpc) is 2.49. The van der Waals surface area contributed by atoms with Crippen molar-refractivity contribution in [2.75, 3.05) is 11.9 Å². The lowest BCUT2D eigenvalue weighted by Crippen LogP contribution is -2.13. The predicted octanol–water partition coefficient (Wildman–Crippen LogP) is 1.81. The summed E-state index contributed by atoms with van der Waals surface area (Å²) in [5.41, 5.74) is 6.15. The fourth-order valence-corrected chi connectivity index (χ4v) is 1.40. The number of anilines is 1. The van der Waals surface area contributed by atoms with Gasteiger partial charge in [-0.15, -0.1) is 0 Å². The molecule has 106 valence electrons. The lowest BCUT2D eigenvalue weighted by atomic mass is 10.1. The quantitative estimate of drug-likeness (QED) is 0.368. The average molecular weight is 282 g/mol. The molecule has 1 aromatic carbocycles. The van der Waals surface area contributed by atoms with Gasteiger partial charge in [0.05, 0.1) is 12.2 Å². The minimum Gasteiger partial charge on any atom is -0.462 e. The van der Waals surface area contributed by atoms with Crippen LogP contribution in [0.25, 0.3) is 0 Å². The van der Waals surface area contributed by atoms with Crippen LogP contribution >= 0.6 is 0 Å². The van der Waals surface area contributed by atoms with Crippen LogP contribution in [-0.4, -0.2) is 12.6 Å². The van der Waals surface area contributed by atoms with E-state index < -0.39 is 5.97 Å². The van der Waals surface area contributed by atoms with Crippen LogP contribution in [-0.2, 0) is 9.53 Å². The van der Waals surface area contributed by atoms with Gasteiger partial charge in [-0.2, -0.15) is 10.5 Å². The molecule has 0 aliphatic rings. The molecule has 21 heavy (non-hydrogen) atoms. The molecule has 0 unspecified atom stereocenters. The van der Waals surface area contributed by atoms with Gasteiger partial charge in [-0.05, 0) is 25.1 Å². The van der Waals surface area contributed by atoms with E-state index in [9.17, 15) is 4.79 Å². The van der Waals surface area contributed by atoms with Crippen molar-refractivity contribution in [3.63, 3.8) is 0 Å². The van der Waals surface area contributed by atoms with Gasteiger partial charge in [0.2, 0.25) is 0 Å². The number of nitrogens with zero attached hydrogens (tertiary/aromatic N) is 2. The summed E-state index contributed by atoms with van der Waals surface area (Å²) in [6.45, 7) is 1.76. The van der Waals surface area contributed by atoms with Crippen molar-refractivity contribution in [3.05, 3.63) is 53.4 Å². The SMILES string of the molecule is CCOC(=O)/C(C#N)=C/C(C#N)=C(/N)Nc1ccccc1. The van der Waals surface area contributed by atoms with Crippen LogP contribution in [0.3, 0.4) is 0 Å². The monoisotopic (exact) mass is 282 g/mol. The van der Waals surface area contributed by atoms with Crippen LogP contribution in [0.5, 0.6) is 0 Å². The highest BCUT2D eigenvalue weighted by Gasteiger charge is 2.12. The highest BCUT2D eigenvalue weighted by molar-refractivity contribution is 5.93. The molecule has 0 aromatic heterocycles. The number of carbonyl (C=O) groups excluding carboxylic acids is 1. The van der Waals surface area contributed by atoms with E-state index in [0.29, 0.717) is 5.69 Å². The number of para-hydroxylation sites is 1. The third-order valence-electron chi connectivity index (χ3n) is 2.37. The summed E-state index contributed by atoms with van der Waals surface area (Å²) in [6, 6.07) is 12.5. The maximum absolute atomic E-state index is 11.5. The maximum atomic E-state index is 11.5. The van der Waals surface area contributed by atoms with Crippen LogP contribution in [0.1, 0.15) is 6.92 Å². The van der Waals surface area contributed by atoms with Crippen molar-refractivity contribution < 1.29 is 9.53 Å². The van der Waals surface area contributed by atoms with Crippen LogP contribution in [0.15, 0.2) is 53.4 Å². The number of rotatable bonds is 5. The number of hydrogen-bond acceptors (Lipinski definition) is 6. The van der Waals surface area contributed by atoms with Gasteiger partial charge in [0.15, 0.2) is 0 Å². The van der Waals surface area contributed by atoms with Crippen LogP contribution < -0.4 is 11.1 Å². The fraction of sp³-hybridized carbons (Fsp3) is 0.133. The predicted molar refractivity (Wildman–Crippen MR) is 77.2 cm³/mol. The van der Waals surface area contributed by atoms with E-state index in [4.69, 9.17) is 21.0 Å². The number of nitriles is 2. The molecule has 0 atom stereocenters. The summed E-state index contributed by atoms with van der Waals surface area (Å²) in [4.78, 5) is 11.5. The second kappa shape index (κ2) is 8.03. The number of ether oxygens (including phenoxy) is 1. The van der Waals surface area contributed by atoms with E-state index in [-0.39, 0.29) is 23.6 Å². The molecule has 0 radical (unpaired) electrons. The summed E-state index contributed by atoms with van der Waals surface area (Å²) >= 11 is 0. The largest absolute Gasteiger partial charge is 0.462 e. The molecular formula is C15H14N4O2. The summed E-state index contributed by atoms with van der Waals surface area (Å²) in [5.74, 6) is -0.749. The van der Waals surface area contributed by atoms with Crippen molar-refractivity contribution >= 4 is 11.7 Å². The number of nitrogens with two attached hydrogens (primary N) is 1. The molecule has 1 rings (SSSR count). The molecule has 0 amide bonds. The Balaban J connectivity index is 3.05. The normalized spacial score (nSPS) is 11.7. The fourth-order valence-electron chi connectivity index (χ4n) is 1.40. The first-order valence-corrected chi connectivity index (χ1v) is 6.13. The molecule has 0 aliphatic heterocycles. The summed E-state index contributed by atoms with van der Waals surface area (Å²) < 4.78 is 4.72. The Bertz CT molecular complexity index is 648. The zero-order valence-electron chi connectivity index (χ0n) is 11.5. The number of hydrogen-bond donors (Lipinski definition) is 2. The van der Waals surface area contributed by atoms with Crippen molar-refractivity contribution in [2.45, 2.75) is 6.92 Å². The van der Waals surface area contributed by atoms with E-state index in [1.807, 2.05) is 12.1 Å². The minimum atomic E-state index is -0.791. The third-order valence-corrected chi connectivity index (χ3v) is 2.37. The summed E-state index contributed by atoms with van der Waals surface area (Å²) in [5, 5.41) is 20.8. The molecule has 0 saturated heterocycles. The first-order valence-electron chi connectivity index (χ1n) is 6.13. The molecule has 0 saturated carbocycles. The van der Waals surface area contributed by atoms with Crippen LogP contribution in [0, 0.1) is 22.7 Å².